The van der Waals surface area contributed by atoms with Crippen molar-refractivity contribution in [2.75, 3.05) is 11.9 Å². The highest BCUT2D eigenvalue weighted by Crippen LogP contribution is 2.19. The van der Waals surface area contributed by atoms with Crippen LogP contribution in [0.1, 0.15) is 36.5 Å². The Bertz CT molecular complexity index is 854. The SMILES string of the molecule is CCCCCOc1ccc(C(=O)Nc2nnc(-c3ccnn3C)o2)cc1. The van der Waals surface area contributed by atoms with Gasteiger partial charge in [0, 0.05) is 18.8 Å². The summed E-state index contributed by atoms with van der Waals surface area (Å²) in [5.41, 5.74) is 1.15. The second-order valence-corrected chi connectivity index (χ2v) is 5.79. The van der Waals surface area contributed by atoms with Gasteiger partial charge in [0.1, 0.15) is 11.4 Å². The number of benzene rings is 1. The lowest BCUT2D eigenvalue weighted by Gasteiger charge is -2.06. The van der Waals surface area contributed by atoms with E-state index in [1.54, 1.807) is 48.3 Å². The summed E-state index contributed by atoms with van der Waals surface area (Å²) in [6.07, 6.45) is 4.95. The zero-order valence-corrected chi connectivity index (χ0v) is 14.8. The Morgan fingerprint density at radius 2 is 2.00 bits per heavy atom. The van der Waals surface area contributed by atoms with E-state index in [1.165, 1.54) is 0 Å². The zero-order valence-electron chi connectivity index (χ0n) is 14.8. The fourth-order valence-electron chi connectivity index (χ4n) is 2.37. The van der Waals surface area contributed by atoms with E-state index >= 15 is 0 Å². The summed E-state index contributed by atoms with van der Waals surface area (Å²) in [5.74, 6) is 0.702. The zero-order chi connectivity index (χ0) is 18.4. The highest BCUT2D eigenvalue weighted by molar-refractivity contribution is 6.03. The molecule has 3 rings (SSSR count). The van der Waals surface area contributed by atoms with E-state index in [1.807, 2.05) is 0 Å². The molecule has 0 spiro atoms. The van der Waals surface area contributed by atoms with Crippen LogP contribution in [0.25, 0.3) is 11.6 Å². The van der Waals surface area contributed by atoms with Crippen LogP contribution in [0.2, 0.25) is 0 Å². The average Bonchev–Trinajstić information content (AvgIpc) is 3.28. The van der Waals surface area contributed by atoms with E-state index in [2.05, 4.69) is 27.5 Å². The van der Waals surface area contributed by atoms with Crippen molar-refractivity contribution in [3.63, 3.8) is 0 Å². The van der Waals surface area contributed by atoms with Crippen molar-refractivity contribution in [3.05, 3.63) is 42.1 Å². The number of nitrogens with one attached hydrogen (secondary N) is 1. The predicted octanol–water partition coefficient (Wildman–Crippen LogP) is 3.29. The predicted molar refractivity (Wildman–Crippen MR) is 95.9 cm³/mol. The van der Waals surface area contributed by atoms with Crippen LogP contribution < -0.4 is 10.1 Å². The number of nitrogens with zero attached hydrogens (tertiary/aromatic N) is 4. The Morgan fingerprint density at radius 1 is 1.19 bits per heavy atom. The molecule has 0 aliphatic heterocycles. The number of anilines is 1. The molecule has 1 N–H and O–H groups in total. The lowest BCUT2D eigenvalue weighted by atomic mass is 10.2. The van der Waals surface area contributed by atoms with Gasteiger partial charge < -0.3 is 9.15 Å². The van der Waals surface area contributed by atoms with Crippen LogP contribution in [-0.4, -0.2) is 32.5 Å². The number of rotatable bonds is 8. The molecule has 8 nitrogen and oxygen atoms in total. The largest absolute Gasteiger partial charge is 0.494 e. The van der Waals surface area contributed by atoms with Crippen molar-refractivity contribution < 1.29 is 13.9 Å². The molecular weight excluding hydrogens is 334 g/mol. The maximum atomic E-state index is 12.3. The van der Waals surface area contributed by atoms with Crippen molar-refractivity contribution in [2.45, 2.75) is 26.2 Å². The Morgan fingerprint density at radius 3 is 2.69 bits per heavy atom. The molecular formula is C18H21N5O3. The first-order chi connectivity index (χ1) is 12.7. The fourth-order valence-corrected chi connectivity index (χ4v) is 2.37. The standard InChI is InChI=1S/C18H21N5O3/c1-3-4-5-12-25-14-8-6-13(7-9-14)16(24)20-18-22-21-17(26-18)15-10-11-19-23(15)2/h6-11H,3-5,12H2,1-2H3,(H,20,22,24). The van der Waals surface area contributed by atoms with E-state index < -0.39 is 0 Å². The average molecular weight is 355 g/mol. The maximum Gasteiger partial charge on any atom is 0.322 e. The van der Waals surface area contributed by atoms with Gasteiger partial charge in [0.25, 0.3) is 11.8 Å². The molecule has 2 aromatic heterocycles. The van der Waals surface area contributed by atoms with Gasteiger partial charge >= 0.3 is 6.01 Å². The summed E-state index contributed by atoms with van der Waals surface area (Å²) in [6.45, 7) is 2.83. The summed E-state index contributed by atoms with van der Waals surface area (Å²) in [7, 11) is 1.77. The third-order valence-electron chi connectivity index (χ3n) is 3.82. The number of unbranched alkanes of at least 4 members (excludes halogenated alkanes) is 2. The van der Waals surface area contributed by atoms with E-state index in [9.17, 15) is 4.79 Å². The van der Waals surface area contributed by atoms with Crippen LogP contribution in [0.3, 0.4) is 0 Å². The number of aryl methyl sites for hydroxylation is 1. The molecule has 2 heterocycles. The van der Waals surface area contributed by atoms with Gasteiger partial charge in [0.05, 0.1) is 6.61 Å². The van der Waals surface area contributed by atoms with E-state index in [0.717, 1.165) is 25.0 Å². The summed E-state index contributed by atoms with van der Waals surface area (Å²) < 4.78 is 12.7. The molecule has 0 saturated heterocycles. The van der Waals surface area contributed by atoms with Crippen LogP contribution in [-0.2, 0) is 7.05 Å². The van der Waals surface area contributed by atoms with Gasteiger partial charge in [-0.15, -0.1) is 5.10 Å². The van der Waals surface area contributed by atoms with Gasteiger partial charge in [-0.2, -0.15) is 5.10 Å². The van der Waals surface area contributed by atoms with Gasteiger partial charge in [-0.1, -0.05) is 24.9 Å². The molecule has 0 radical (unpaired) electrons. The molecule has 0 unspecified atom stereocenters. The van der Waals surface area contributed by atoms with Gasteiger partial charge in [-0.3, -0.25) is 14.8 Å². The Kier molecular flexibility index (Phi) is 5.62. The smallest absolute Gasteiger partial charge is 0.322 e. The number of carbonyl (C=O) groups is 1. The molecule has 1 aromatic carbocycles. The first kappa shape index (κ1) is 17.7. The highest BCUT2D eigenvalue weighted by Gasteiger charge is 2.14. The van der Waals surface area contributed by atoms with Crippen molar-refractivity contribution in [1.29, 1.82) is 0 Å². The van der Waals surface area contributed by atoms with Gasteiger partial charge in [-0.05, 0) is 36.8 Å². The monoisotopic (exact) mass is 355 g/mol. The van der Waals surface area contributed by atoms with Gasteiger partial charge in [0.15, 0.2) is 0 Å². The third kappa shape index (κ3) is 4.27. The second-order valence-electron chi connectivity index (χ2n) is 5.79. The van der Waals surface area contributed by atoms with E-state index in [-0.39, 0.29) is 17.8 Å². The van der Waals surface area contributed by atoms with Gasteiger partial charge in [0.2, 0.25) is 0 Å². The quantitative estimate of drug-likeness (QED) is 0.623. The normalized spacial score (nSPS) is 10.7. The number of ether oxygens (including phenoxy) is 1. The lowest BCUT2D eigenvalue weighted by Crippen LogP contribution is -2.12. The van der Waals surface area contributed by atoms with Crippen molar-refractivity contribution in [2.24, 2.45) is 7.05 Å². The molecule has 0 bridgehead atoms. The van der Waals surface area contributed by atoms with E-state index in [4.69, 9.17) is 9.15 Å². The Balaban J connectivity index is 1.58. The molecule has 136 valence electrons. The summed E-state index contributed by atoms with van der Waals surface area (Å²) in [4.78, 5) is 12.3. The van der Waals surface area contributed by atoms with Gasteiger partial charge in [-0.25, -0.2) is 0 Å². The molecule has 0 fully saturated rings. The highest BCUT2D eigenvalue weighted by atomic mass is 16.5. The maximum absolute atomic E-state index is 12.3. The Labute approximate surface area is 151 Å². The number of aromatic nitrogens is 4. The molecule has 1 amide bonds. The minimum atomic E-state index is -0.331. The van der Waals surface area contributed by atoms with E-state index in [0.29, 0.717) is 17.9 Å². The Hall–Kier alpha value is -3.16. The minimum Gasteiger partial charge on any atom is -0.494 e. The minimum absolute atomic E-state index is 0.0334. The summed E-state index contributed by atoms with van der Waals surface area (Å²) in [6, 6.07) is 8.72. The molecule has 0 aliphatic carbocycles. The molecule has 0 saturated carbocycles. The lowest BCUT2D eigenvalue weighted by molar-refractivity contribution is 0.102. The molecule has 26 heavy (non-hydrogen) atoms. The fraction of sp³-hybridized carbons (Fsp3) is 0.333. The van der Waals surface area contributed by atoms with Crippen LogP contribution in [0, 0.1) is 0 Å². The van der Waals surface area contributed by atoms with Crippen molar-refractivity contribution >= 4 is 11.9 Å². The number of hydrogen-bond donors (Lipinski definition) is 1. The molecule has 0 aliphatic rings. The van der Waals surface area contributed by atoms with Crippen LogP contribution in [0.15, 0.2) is 40.9 Å². The van der Waals surface area contributed by atoms with Crippen LogP contribution in [0.4, 0.5) is 6.01 Å². The summed E-state index contributed by atoms with van der Waals surface area (Å²) in [5, 5.41) is 14.4. The number of amides is 1. The topological polar surface area (TPSA) is 95.1 Å². The molecule has 8 heteroatoms. The number of hydrogen-bond acceptors (Lipinski definition) is 6. The molecule has 0 atom stereocenters. The van der Waals surface area contributed by atoms with Crippen LogP contribution in [0.5, 0.6) is 5.75 Å². The third-order valence-corrected chi connectivity index (χ3v) is 3.82. The first-order valence-electron chi connectivity index (χ1n) is 8.53. The second kappa shape index (κ2) is 8.28. The number of carbonyl (C=O) groups excluding carboxylic acids is 1. The van der Waals surface area contributed by atoms with Crippen molar-refractivity contribution in [3.8, 4) is 17.3 Å². The summed E-state index contributed by atoms with van der Waals surface area (Å²) >= 11 is 0. The van der Waals surface area contributed by atoms with Crippen molar-refractivity contribution in [1.82, 2.24) is 20.0 Å². The first-order valence-corrected chi connectivity index (χ1v) is 8.53. The van der Waals surface area contributed by atoms with Crippen LogP contribution >= 0.6 is 0 Å². The molecule has 3 aromatic rings.